The topological polar surface area (TPSA) is 29.9 Å². The molecule has 3 nitrogen and oxygen atoms in total. The molecule has 1 N–H and O–H groups in total. The lowest BCUT2D eigenvalue weighted by molar-refractivity contribution is 0.513. The van der Waals surface area contributed by atoms with Gasteiger partial charge in [-0.2, -0.15) is 16.9 Å². The van der Waals surface area contributed by atoms with Crippen LogP contribution in [0.3, 0.4) is 0 Å². The van der Waals surface area contributed by atoms with E-state index < -0.39 is 0 Å². The quantitative estimate of drug-likeness (QED) is 0.777. The summed E-state index contributed by atoms with van der Waals surface area (Å²) in [6, 6.07) is 0.523. The maximum Gasteiger partial charge on any atom is 0.0738 e. The van der Waals surface area contributed by atoms with Crippen LogP contribution in [0.1, 0.15) is 50.4 Å². The minimum atomic E-state index is 0.523. The number of hydrogen-bond donors (Lipinski definition) is 1. The first kappa shape index (κ1) is 17.4. The lowest BCUT2D eigenvalue weighted by Gasteiger charge is -2.24. The van der Waals surface area contributed by atoms with E-state index in [0.717, 1.165) is 23.9 Å². The summed E-state index contributed by atoms with van der Waals surface area (Å²) >= 11 is 5.88. The van der Waals surface area contributed by atoms with Crippen molar-refractivity contribution >= 4 is 27.7 Å². The zero-order valence-electron chi connectivity index (χ0n) is 13.5. The molecule has 1 atom stereocenters. The molecule has 1 aliphatic rings. The molecule has 21 heavy (non-hydrogen) atoms. The molecule has 0 spiro atoms. The molecule has 2 rings (SSSR count). The van der Waals surface area contributed by atoms with Gasteiger partial charge in [0.15, 0.2) is 0 Å². The summed E-state index contributed by atoms with van der Waals surface area (Å²) in [5.41, 5.74) is 2.43. The van der Waals surface area contributed by atoms with Gasteiger partial charge < -0.3 is 5.32 Å². The maximum absolute atomic E-state index is 4.60. The van der Waals surface area contributed by atoms with Crippen LogP contribution in [0.25, 0.3) is 0 Å². The number of nitrogens with one attached hydrogen (secondary N) is 1. The van der Waals surface area contributed by atoms with Gasteiger partial charge in [-0.3, -0.25) is 4.68 Å². The van der Waals surface area contributed by atoms with E-state index in [1.54, 1.807) is 0 Å². The van der Waals surface area contributed by atoms with Crippen LogP contribution in [0, 0.1) is 6.92 Å². The van der Waals surface area contributed by atoms with Crippen LogP contribution in [0.15, 0.2) is 4.47 Å². The highest BCUT2D eigenvalue weighted by Gasteiger charge is 2.19. The van der Waals surface area contributed by atoms with Crippen molar-refractivity contribution in [3.63, 3.8) is 0 Å². The molecule has 1 unspecified atom stereocenters. The SMILES string of the molecule is CCn1nc(C)c(Br)c1CC(CSC1CCCCC1)NC. The first-order chi connectivity index (χ1) is 10.2. The average molecular weight is 374 g/mol. The van der Waals surface area contributed by atoms with Crippen LogP contribution in [0.4, 0.5) is 0 Å². The summed E-state index contributed by atoms with van der Waals surface area (Å²) in [5, 5.41) is 8.98. The van der Waals surface area contributed by atoms with Gasteiger partial charge in [-0.1, -0.05) is 19.3 Å². The third-order valence-corrected chi connectivity index (χ3v) is 6.96. The summed E-state index contributed by atoms with van der Waals surface area (Å²) < 4.78 is 3.32. The van der Waals surface area contributed by atoms with Gasteiger partial charge >= 0.3 is 0 Å². The minimum Gasteiger partial charge on any atom is -0.316 e. The Morgan fingerprint density at radius 2 is 2.10 bits per heavy atom. The molecule has 0 aliphatic heterocycles. The Balaban J connectivity index is 1.92. The molecule has 120 valence electrons. The highest BCUT2D eigenvalue weighted by atomic mass is 79.9. The number of rotatable bonds is 7. The molecule has 1 fully saturated rings. The Morgan fingerprint density at radius 1 is 1.38 bits per heavy atom. The predicted octanol–water partition coefficient (Wildman–Crippen LogP) is 4.17. The number of halogens is 1. The van der Waals surface area contributed by atoms with Gasteiger partial charge in [0.25, 0.3) is 0 Å². The number of likely N-dealkylation sites (N-methyl/N-ethyl adjacent to an activating group) is 1. The van der Waals surface area contributed by atoms with Crippen molar-refractivity contribution in [2.24, 2.45) is 0 Å². The van der Waals surface area contributed by atoms with Crippen LogP contribution in [-0.4, -0.2) is 33.9 Å². The molecule has 0 saturated heterocycles. The van der Waals surface area contributed by atoms with Crippen LogP contribution >= 0.6 is 27.7 Å². The minimum absolute atomic E-state index is 0.523. The first-order valence-electron chi connectivity index (χ1n) is 8.16. The van der Waals surface area contributed by atoms with Crippen LogP contribution in [0.5, 0.6) is 0 Å². The zero-order valence-corrected chi connectivity index (χ0v) is 15.9. The van der Waals surface area contributed by atoms with Crippen LogP contribution in [-0.2, 0) is 13.0 Å². The molecule has 0 bridgehead atoms. The number of thioether (sulfide) groups is 1. The fourth-order valence-corrected chi connectivity index (χ4v) is 4.93. The van der Waals surface area contributed by atoms with Crippen molar-refractivity contribution < 1.29 is 0 Å². The van der Waals surface area contributed by atoms with Gasteiger partial charge in [0.1, 0.15) is 0 Å². The molecule has 1 aliphatic carbocycles. The number of hydrogen-bond acceptors (Lipinski definition) is 3. The van der Waals surface area contributed by atoms with Crippen molar-refractivity contribution in [1.82, 2.24) is 15.1 Å². The van der Waals surface area contributed by atoms with Gasteiger partial charge in [0.05, 0.1) is 15.9 Å². The largest absolute Gasteiger partial charge is 0.316 e. The lowest BCUT2D eigenvalue weighted by Crippen LogP contribution is -2.32. The molecule has 0 radical (unpaired) electrons. The summed E-state index contributed by atoms with van der Waals surface area (Å²) in [5.74, 6) is 1.20. The molecular formula is C16H28BrN3S. The molecule has 0 aromatic carbocycles. The molecule has 1 aromatic rings. The summed E-state index contributed by atoms with van der Waals surface area (Å²) in [6.45, 7) is 5.17. The number of aryl methyl sites for hydroxylation is 2. The Hall–Kier alpha value is -0.0000000000000000763. The highest BCUT2D eigenvalue weighted by molar-refractivity contribution is 9.10. The third-order valence-electron chi connectivity index (χ3n) is 4.39. The smallest absolute Gasteiger partial charge is 0.0738 e. The Kier molecular flexibility index (Phi) is 7.10. The maximum atomic E-state index is 4.60. The Morgan fingerprint density at radius 3 is 2.71 bits per heavy atom. The second-order valence-electron chi connectivity index (χ2n) is 5.94. The van der Waals surface area contributed by atoms with E-state index in [-0.39, 0.29) is 0 Å². The molecule has 1 aromatic heterocycles. The zero-order chi connectivity index (χ0) is 15.2. The van der Waals surface area contributed by atoms with E-state index in [9.17, 15) is 0 Å². The Labute approximate surface area is 141 Å². The van der Waals surface area contributed by atoms with Crippen molar-refractivity contribution in [2.75, 3.05) is 12.8 Å². The fourth-order valence-electron chi connectivity index (χ4n) is 3.03. The lowest BCUT2D eigenvalue weighted by atomic mass is 10.0. The summed E-state index contributed by atoms with van der Waals surface area (Å²) in [4.78, 5) is 0. The standard InChI is InChI=1S/C16H28BrN3S/c1-4-20-15(16(17)12(2)19-20)10-13(18-3)11-21-14-8-6-5-7-9-14/h13-14,18H,4-11H2,1-3H3. The fraction of sp³-hybridized carbons (Fsp3) is 0.812. The third kappa shape index (κ3) is 4.73. The van der Waals surface area contributed by atoms with E-state index in [1.165, 1.54) is 48.0 Å². The van der Waals surface area contributed by atoms with E-state index in [4.69, 9.17) is 0 Å². The number of nitrogens with zero attached hydrogens (tertiary/aromatic N) is 2. The van der Waals surface area contributed by atoms with Crippen LogP contribution < -0.4 is 5.32 Å². The van der Waals surface area contributed by atoms with Crippen molar-refractivity contribution in [3.05, 3.63) is 15.9 Å². The highest BCUT2D eigenvalue weighted by Crippen LogP contribution is 2.29. The predicted molar refractivity (Wildman–Crippen MR) is 96.2 cm³/mol. The normalized spacial score (nSPS) is 18.1. The van der Waals surface area contributed by atoms with Gasteiger partial charge in [0, 0.05) is 30.0 Å². The van der Waals surface area contributed by atoms with Gasteiger partial charge in [-0.25, -0.2) is 0 Å². The molecule has 5 heteroatoms. The molecule has 0 amide bonds. The van der Waals surface area contributed by atoms with Crippen molar-refractivity contribution in [3.8, 4) is 0 Å². The van der Waals surface area contributed by atoms with E-state index >= 15 is 0 Å². The monoisotopic (exact) mass is 373 g/mol. The number of aromatic nitrogens is 2. The molecule has 1 saturated carbocycles. The second kappa shape index (κ2) is 8.59. The van der Waals surface area contributed by atoms with E-state index in [0.29, 0.717) is 6.04 Å². The summed E-state index contributed by atoms with van der Waals surface area (Å²) in [6.07, 6.45) is 8.16. The van der Waals surface area contributed by atoms with Gasteiger partial charge in [0.2, 0.25) is 0 Å². The van der Waals surface area contributed by atoms with Crippen molar-refractivity contribution in [1.29, 1.82) is 0 Å². The second-order valence-corrected chi connectivity index (χ2v) is 8.07. The Bertz CT molecular complexity index is 441. The molecule has 1 heterocycles. The first-order valence-corrected chi connectivity index (χ1v) is 10.0. The van der Waals surface area contributed by atoms with E-state index in [1.807, 2.05) is 0 Å². The van der Waals surface area contributed by atoms with Crippen LogP contribution in [0.2, 0.25) is 0 Å². The van der Waals surface area contributed by atoms with E-state index in [2.05, 4.69) is 63.7 Å². The molecular weight excluding hydrogens is 346 g/mol. The van der Waals surface area contributed by atoms with Gasteiger partial charge in [-0.15, -0.1) is 0 Å². The summed E-state index contributed by atoms with van der Waals surface area (Å²) in [7, 11) is 2.08. The van der Waals surface area contributed by atoms with Crippen molar-refractivity contribution in [2.45, 2.75) is 70.2 Å². The van der Waals surface area contributed by atoms with Gasteiger partial charge in [-0.05, 0) is 49.7 Å². The average Bonchev–Trinajstić information content (AvgIpc) is 2.79.